The maximum atomic E-state index is 12.8. The fraction of sp³-hybridized carbons (Fsp3) is 0.611. The largest absolute Gasteiger partial charge is 0.416 e. The van der Waals surface area contributed by atoms with Crippen LogP contribution in [0.2, 0.25) is 0 Å². The highest BCUT2D eigenvalue weighted by atomic mass is 19.4. The Morgan fingerprint density at radius 3 is 2.85 bits per heavy atom. The van der Waals surface area contributed by atoms with Crippen molar-refractivity contribution in [1.82, 2.24) is 10.2 Å². The van der Waals surface area contributed by atoms with Gasteiger partial charge in [0.1, 0.15) is 0 Å². The molecule has 8 heteroatoms. The predicted octanol–water partition coefficient (Wildman–Crippen LogP) is 2.77. The van der Waals surface area contributed by atoms with Gasteiger partial charge in [-0.1, -0.05) is 12.1 Å². The second-order valence-corrected chi connectivity index (χ2v) is 6.27. The Kier molecular flexibility index (Phi) is 7.71. The Balaban J connectivity index is 1.83. The molecule has 0 radical (unpaired) electrons. The van der Waals surface area contributed by atoms with E-state index in [4.69, 9.17) is 9.47 Å². The van der Waals surface area contributed by atoms with Gasteiger partial charge in [0, 0.05) is 39.7 Å². The summed E-state index contributed by atoms with van der Waals surface area (Å²) in [7, 11) is 3.32. The minimum absolute atomic E-state index is 0.294. The Morgan fingerprint density at radius 2 is 2.15 bits per heavy atom. The van der Waals surface area contributed by atoms with Crippen molar-refractivity contribution in [3.63, 3.8) is 0 Å². The number of halogens is 3. The summed E-state index contributed by atoms with van der Waals surface area (Å²) < 4.78 is 48.9. The number of aliphatic imine (C=N–C) groups is 1. The van der Waals surface area contributed by atoms with E-state index in [1.54, 1.807) is 20.2 Å². The molecule has 1 atom stereocenters. The number of hydrogen-bond donors (Lipinski definition) is 1. The van der Waals surface area contributed by atoms with Crippen LogP contribution in [0.25, 0.3) is 0 Å². The lowest BCUT2D eigenvalue weighted by molar-refractivity contribution is -0.137. The first-order valence-electron chi connectivity index (χ1n) is 8.62. The van der Waals surface area contributed by atoms with E-state index in [-0.39, 0.29) is 0 Å². The zero-order valence-electron chi connectivity index (χ0n) is 15.2. The molecule has 1 N–H and O–H groups in total. The summed E-state index contributed by atoms with van der Waals surface area (Å²) >= 11 is 0. The molecule has 0 spiro atoms. The number of nitrogens with one attached hydrogen (secondary N) is 1. The van der Waals surface area contributed by atoms with Crippen LogP contribution in [-0.2, 0) is 22.2 Å². The molecule has 5 nitrogen and oxygen atoms in total. The van der Waals surface area contributed by atoms with Gasteiger partial charge in [-0.25, -0.2) is 0 Å². The van der Waals surface area contributed by atoms with E-state index in [9.17, 15) is 13.2 Å². The monoisotopic (exact) mass is 373 g/mol. The first-order chi connectivity index (χ1) is 12.4. The van der Waals surface area contributed by atoms with Gasteiger partial charge in [-0.05, 0) is 24.1 Å². The van der Waals surface area contributed by atoms with Gasteiger partial charge in [0.05, 0.1) is 25.4 Å². The van der Waals surface area contributed by atoms with Gasteiger partial charge in [-0.2, -0.15) is 13.2 Å². The van der Waals surface area contributed by atoms with Crippen molar-refractivity contribution < 1.29 is 22.6 Å². The lowest BCUT2D eigenvalue weighted by Crippen LogP contribution is -2.39. The lowest BCUT2D eigenvalue weighted by atomic mass is 10.1. The number of nitrogens with zero attached hydrogens (tertiary/aromatic N) is 2. The van der Waals surface area contributed by atoms with Crippen LogP contribution in [0.3, 0.4) is 0 Å². The minimum Gasteiger partial charge on any atom is -0.382 e. The highest BCUT2D eigenvalue weighted by molar-refractivity contribution is 5.80. The highest BCUT2D eigenvalue weighted by Gasteiger charge is 2.30. The van der Waals surface area contributed by atoms with Crippen molar-refractivity contribution in [3.05, 3.63) is 35.4 Å². The van der Waals surface area contributed by atoms with Crippen LogP contribution in [0, 0.1) is 5.92 Å². The van der Waals surface area contributed by atoms with Gasteiger partial charge >= 0.3 is 6.18 Å². The molecule has 1 fully saturated rings. The summed E-state index contributed by atoms with van der Waals surface area (Å²) in [6.07, 6.45) is -3.33. The molecular formula is C18H26F3N3O2. The number of benzene rings is 1. The number of ether oxygens (including phenoxy) is 2. The third kappa shape index (κ3) is 6.17. The summed E-state index contributed by atoms with van der Waals surface area (Å²) in [6, 6.07) is 5.33. The Labute approximate surface area is 152 Å². The Bertz CT molecular complexity index is 593. The molecule has 1 heterocycles. The summed E-state index contributed by atoms with van der Waals surface area (Å²) in [6.45, 7) is 3.79. The molecule has 1 unspecified atom stereocenters. The van der Waals surface area contributed by atoms with Crippen LogP contribution < -0.4 is 5.32 Å². The average Bonchev–Trinajstić information content (AvgIpc) is 3.08. The SMILES string of the molecule is CN=C(NCc1cccc(C(F)(F)F)c1)N1CCC(COCCOC)C1. The molecule has 1 aliphatic rings. The highest BCUT2D eigenvalue weighted by Crippen LogP contribution is 2.29. The van der Waals surface area contributed by atoms with Gasteiger partial charge in [0.25, 0.3) is 0 Å². The molecule has 26 heavy (non-hydrogen) atoms. The number of methoxy groups -OCH3 is 1. The second kappa shape index (κ2) is 9.78. The van der Waals surface area contributed by atoms with Gasteiger partial charge < -0.3 is 19.7 Å². The smallest absolute Gasteiger partial charge is 0.382 e. The first kappa shape index (κ1) is 20.5. The van der Waals surface area contributed by atoms with E-state index in [1.807, 2.05) is 0 Å². The zero-order valence-corrected chi connectivity index (χ0v) is 15.2. The topological polar surface area (TPSA) is 46.1 Å². The Hall–Kier alpha value is -1.80. The van der Waals surface area contributed by atoms with E-state index in [2.05, 4.69) is 15.2 Å². The van der Waals surface area contributed by atoms with Crippen molar-refractivity contribution in [2.24, 2.45) is 10.9 Å². The molecule has 0 aliphatic carbocycles. The summed E-state index contributed by atoms with van der Waals surface area (Å²) in [5, 5.41) is 3.15. The number of guanidine groups is 1. The molecule has 0 aromatic heterocycles. The molecule has 0 saturated carbocycles. The molecule has 2 rings (SSSR count). The summed E-state index contributed by atoms with van der Waals surface area (Å²) in [5.41, 5.74) is -0.0687. The third-order valence-electron chi connectivity index (χ3n) is 4.29. The van der Waals surface area contributed by atoms with Gasteiger partial charge in [0.15, 0.2) is 5.96 Å². The van der Waals surface area contributed by atoms with Crippen LogP contribution >= 0.6 is 0 Å². The van der Waals surface area contributed by atoms with Crippen LogP contribution in [-0.4, -0.2) is 57.9 Å². The molecule has 1 aliphatic heterocycles. The Morgan fingerprint density at radius 1 is 1.35 bits per heavy atom. The molecule has 146 valence electrons. The van der Waals surface area contributed by atoms with Crippen molar-refractivity contribution >= 4 is 5.96 Å². The second-order valence-electron chi connectivity index (χ2n) is 6.27. The van der Waals surface area contributed by atoms with Gasteiger partial charge in [-0.3, -0.25) is 4.99 Å². The van der Waals surface area contributed by atoms with Crippen LogP contribution in [0.5, 0.6) is 0 Å². The van der Waals surface area contributed by atoms with Crippen LogP contribution in [0.1, 0.15) is 17.5 Å². The number of likely N-dealkylation sites (tertiary alicyclic amines) is 1. The first-order valence-corrected chi connectivity index (χ1v) is 8.62. The maximum absolute atomic E-state index is 12.8. The molecule has 0 bridgehead atoms. The standard InChI is InChI=1S/C18H26F3N3O2/c1-22-17(24-7-6-15(12-24)13-26-9-8-25-2)23-11-14-4-3-5-16(10-14)18(19,20)21/h3-5,10,15H,6-9,11-13H2,1-2H3,(H,22,23). The fourth-order valence-corrected chi connectivity index (χ4v) is 2.92. The van der Waals surface area contributed by atoms with Gasteiger partial charge in [0.2, 0.25) is 0 Å². The zero-order chi connectivity index (χ0) is 19.0. The van der Waals surface area contributed by atoms with E-state index >= 15 is 0 Å². The average molecular weight is 373 g/mol. The molecular weight excluding hydrogens is 347 g/mol. The van der Waals surface area contributed by atoms with Crippen molar-refractivity contribution in [2.45, 2.75) is 19.1 Å². The predicted molar refractivity (Wildman–Crippen MR) is 94.0 cm³/mol. The number of rotatable bonds is 7. The van der Waals surface area contributed by atoms with Crippen molar-refractivity contribution in [3.8, 4) is 0 Å². The summed E-state index contributed by atoms with van der Waals surface area (Å²) in [4.78, 5) is 6.36. The molecule has 1 aromatic carbocycles. The lowest BCUT2D eigenvalue weighted by Gasteiger charge is -2.22. The van der Waals surface area contributed by atoms with E-state index in [1.165, 1.54) is 6.07 Å². The number of alkyl halides is 3. The number of hydrogen-bond acceptors (Lipinski definition) is 3. The molecule has 1 saturated heterocycles. The minimum atomic E-state index is -4.33. The normalized spacial score (nSPS) is 18.4. The van der Waals surface area contributed by atoms with Crippen LogP contribution in [0.15, 0.2) is 29.3 Å². The van der Waals surface area contributed by atoms with E-state index in [0.717, 1.165) is 31.6 Å². The molecule has 1 aromatic rings. The van der Waals surface area contributed by atoms with Gasteiger partial charge in [-0.15, -0.1) is 0 Å². The van der Waals surface area contributed by atoms with E-state index < -0.39 is 11.7 Å². The van der Waals surface area contributed by atoms with Crippen molar-refractivity contribution in [2.75, 3.05) is 47.1 Å². The quantitative estimate of drug-likeness (QED) is 0.454. The maximum Gasteiger partial charge on any atom is 0.416 e. The molecule has 0 amide bonds. The van der Waals surface area contributed by atoms with Crippen LogP contribution in [0.4, 0.5) is 13.2 Å². The summed E-state index contributed by atoms with van der Waals surface area (Å²) in [5.74, 6) is 1.11. The van der Waals surface area contributed by atoms with Crippen molar-refractivity contribution in [1.29, 1.82) is 0 Å². The third-order valence-corrected chi connectivity index (χ3v) is 4.29. The fourth-order valence-electron chi connectivity index (χ4n) is 2.92. The van der Waals surface area contributed by atoms with E-state index in [0.29, 0.717) is 43.8 Å².